The van der Waals surface area contributed by atoms with E-state index in [9.17, 15) is 4.79 Å². The molecule has 0 bridgehead atoms. The van der Waals surface area contributed by atoms with Crippen molar-refractivity contribution in [1.29, 1.82) is 0 Å². The molecule has 1 aromatic heterocycles. The van der Waals surface area contributed by atoms with Gasteiger partial charge in [0.05, 0.1) is 24.2 Å². The molecule has 0 spiro atoms. The zero-order valence-corrected chi connectivity index (χ0v) is 13.3. The number of amides is 1. The van der Waals surface area contributed by atoms with E-state index >= 15 is 0 Å². The highest BCUT2D eigenvalue weighted by Gasteiger charge is 2.33. The van der Waals surface area contributed by atoms with Gasteiger partial charge >= 0.3 is 0 Å². The summed E-state index contributed by atoms with van der Waals surface area (Å²) in [5, 5.41) is 3.02. The number of carbonyl (C=O) groups excluding carboxylic acids is 1. The summed E-state index contributed by atoms with van der Waals surface area (Å²) in [4.78, 5) is 16.7. The number of nitrogens with one attached hydrogen (secondary N) is 1. The minimum absolute atomic E-state index is 0.0907. The Labute approximate surface area is 130 Å². The molecule has 5 nitrogen and oxygen atoms in total. The highest BCUT2D eigenvalue weighted by atomic mass is 16.5. The molecule has 118 valence electrons. The van der Waals surface area contributed by atoms with Gasteiger partial charge in [0.25, 0.3) is 0 Å². The number of aromatic nitrogens is 2. The first-order valence-corrected chi connectivity index (χ1v) is 7.90. The number of para-hydroxylation sites is 2. The molecule has 1 N–H and O–H groups in total. The maximum Gasteiger partial charge on any atom is 0.221 e. The van der Waals surface area contributed by atoms with Gasteiger partial charge < -0.3 is 14.6 Å². The van der Waals surface area contributed by atoms with Crippen molar-refractivity contribution in [3.05, 3.63) is 30.1 Å². The van der Waals surface area contributed by atoms with E-state index in [0.717, 1.165) is 36.5 Å². The third-order valence-electron chi connectivity index (χ3n) is 4.23. The second-order valence-corrected chi connectivity index (χ2v) is 6.35. The molecule has 2 aromatic rings. The van der Waals surface area contributed by atoms with Crippen LogP contribution >= 0.6 is 0 Å². The van der Waals surface area contributed by atoms with Gasteiger partial charge in [-0.15, -0.1) is 0 Å². The minimum Gasteiger partial charge on any atom is -0.380 e. The summed E-state index contributed by atoms with van der Waals surface area (Å²) < 4.78 is 7.36. The first kappa shape index (κ1) is 15.0. The third kappa shape index (κ3) is 2.99. The normalized spacial score (nSPS) is 16.5. The lowest BCUT2D eigenvalue weighted by Crippen LogP contribution is -2.48. The van der Waals surface area contributed by atoms with Crippen molar-refractivity contribution < 1.29 is 9.53 Å². The fraction of sp³-hybridized carbons (Fsp3) is 0.529. The Balaban J connectivity index is 1.62. The van der Waals surface area contributed by atoms with E-state index in [0.29, 0.717) is 19.5 Å². The van der Waals surface area contributed by atoms with Crippen molar-refractivity contribution in [3.63, 3.8) is 0 Å². The van der Waals surface area contributed by atoms with Crippen LogP contribution in [0.3, 0.4) is 0 Å². The topological polar surface area (TPSA) is 56.2 Å². The van der Waals surface area contributed by atoms with E-state index in [-0.39, 0.29) is 11.3 Å². The average molecular weight is 301 g/mol. The Kier molecular flexibility index (Phi) is 4.16. The Morgan fingerprint density at radius 3 is 2.86 bits per heavy atom. The zero-order chi connectivity index (χ0) is 15.6. The number of aryl methyl sites for hydroxylation is 2. The lowest BCUT2D eigenvalue weighted by atomic mass is 9.89. The molecular weight excluding hydrogens is 278 g/mol. The highest BCUT2D eigenvalue weighted by Crippen LogP contribution is 2.25. The minimum atomic E-state index is 0.0907. The van der Waals surface area contributed by atoms with Crippen molar-refractivity contribution in [1.82, 2.24) is 14.9 Å². The van der Waals surface area contributed by atoms with Crippen LogP contribution in [0.2, 0.25) is 0 Å². The molecule has 0 radical (unpaired) electrons. The van der Waals surface area contributed by atoms with Crippen molar-refractivity contribution in [2.24, 2.45) is 5.41 Å². The molecule has 0 unspecified atom stereocenters. The van der Waals surface area contributed by atoms with Crippen molar-refractivity contribution in [2.45, 2.75) is 33.2 Å². The Hall–Kier alpha value is -1.88. The SMILES string of the molecule is CCc1nc2ccccc2n1CCC(=O)NCC1(C)COC1. The number of hydrogen-bond donors (Lipinski definition) is 1. The molecular formula is C17H23N3O2. The number of benzene rings is 1. The smallest absolute Gasteiger partial charge is 0.221 e. The molecule has 2 heterocycles. The lowest BCUT2D eigenvalue weighted by Gasteiger charge is -2.38. The highest BCUT2D eigenvalue weighted by molar-refractivity contribution is 5.78. The van der Waals surface area contributed by atoms with Crippen LogP contribution in [0.1, 0.15) is 26.1 Å². The summed E-state index contributed by atoms with van der Waals surface area (Å²) in [6.45, 7) is 7.06. The van der Waals surface area contributed by atoms with Gasteiger partial charge in [-0.3, -0.25) is 4.79 Å². The van der Waals surface area contributed by atoms with E-state index in [2.05, 4.69) is 34.8 Å². The molecule has 3 rings (SSSR count). The molecule has 1 aliphatic rings. The van der Waals surface area contributed by atoms with Crippen LogP contribution in [0.25, 0.3) is 11.0 Å². The van der Waals surface area contributed by atoms with Crippen LogP contribution in [0, 0.1) is 5.41 Å². The number of ether oxygens (including phenoxy) is 1. The lowest BCUT2D eigenvalue weighted by molar-refractivity contribution is -0.127. The maximum atomic E-state index is 12.1. The van der Waals surface area contributed by atoms with Crippen LogP contribution in [0.4, 0.5) is 0 Å². The summed E-state index contributed by atoms with van der Waals surface area (Å²) >= 11 is 0. The van der Waals surface area contributed by atoms with E-state index < -0.39 is 0 Å². The van der Waals surface area contributed by atoms with Gasteiger partial charge in [-0.25, -0.2) is 4.98 Å². The van der Waals surface area contributed by atoms with Crippen LogP contribution < -0.4 is 5.32 Å². The third-order valence-corrected chi connectivity index (χ3v) is 4.23. The molecule has 1 fully saturated rings. The van der Waals surface area contributed by atoms with Crippen molar-refractivity contribution in [2.75, 3.05) is 19.8 Å². The fourth-order valence-corrected chi connectivity index (χ4v) is 2.81. The second kappa shape index (κ2) is 6.08. The summed E-state index contributed by atoms with van der Waals surface area (Å²) in [7, 11) is 0. The fourth-order valence-electron chi connectivity index (χ4n) is 2.81. The van der Waals surface area contributed by atoms with Gasteiger partial charge in [-0.05, 0) is 12.1 Å². The Morgan fingerprint density at radius 1 is 1.41 bits per heavy atom. The second-order valence-electron chi connectivity index (χ2n) is 6.35. The zero-order valence-electron chi connectivity index (χ0n) is 13.3. The van der Waals surface area contributed by atoms with E-state index in [1.807, 2.05) is 18.2 Å². The monoisotopic (exact) mass is 301 g/mol. The average Bonchev–Trinajstić information content (AvgIpc) is 2.86. The number of fused-ring (bicyclic) bond motifs is 1. The number of imidazole rings is 1. The van der Waals surface area contributed by atoms with Gasteiger partial charge in [-0.1, -0.05) is 26.0 Å². The Morgan fingerprint density at radius 2 is 2.18 bits per heavy atom. The first-order chi connectivity index (χ1) is 10.6. The van der Waals surface area contributed by atoms with E-state index in [4.69, 9.17) is 4.74 Å². The predicted octanol–water partition coefficient (Wildman–Crippen LogP) is 2.14. The summed E-state index contributed by atoms with van der Waals surface area (Å²) in [5.74, 6) is 1.13. The number of carbonyl (C=O) groups is 1. The van der Waals surface area contributed by atoms with Crippen LogP contribution in [-0.2, 0) is 22.5 Å². The maximum absolute atomic E-state index is 12.1. The summed E-state index contributed by atoms with van der Waals surface area (Å²) in [6, 6.07) is 8.08. The molecule has 1 amide bonds. The predicted molar refractivity (Wildman–Crippen MR) is 85.7 cm³/mol. The van der Waals surface area contributed by atoms with Crippen LogP contribution in [-0.4, -0.2) is 35.2 Å². The van der Waals surface area contributed by atoms with Crippen LogP contribution in [0.5, 0.6) is 0 Å². The number of nitrogens with zero attached hydrogens (tertiary/aromatic N) is 2. The molecule has 0 saturated carbocycles. The van der Waals surface area contributed by atoms with Crippen LogP contribution in [0.15, 0.2) is 24.3 Å². The van der Waals surface area contributed by atoms with Crippen molar-refractivity contribution in [3.8, 4) is 0 Å². The number of rotatable bonds is 6. The molecule has 1 aromatic carbocycles. The van der Waals surface area contributed by atoms with E-state index in [1.54, 1.807) is 0 Å². The summed E-state index contributed by atoms with van der Waals surface area (Å²) in [6.07, 6.45) is 1.34. The van der Waals surface area contributed by atoms with Crippen molar-refractivity contribution >= 4 is 16.9 Å². The quantitative estimate of drug-likeness (QED) is 0.889. The number of hydrogen-bond acceptors (Lipinski definition) is 3. The first-order valence-electron chi connectivity index (χ1n) is 7.90. The molecule has 0 aliphatic carbocycles. The molecule has 0 atom stereocenters. The molecule has 5 heteroatoms. The van der Waals surface area contributed by atoms with E-state index in [1.165, 1.54) is 0 Å². The Bertz CT molecular complexity index is 674. The standard InChI is InChI=1S/C17H23N3O2/c1-3-15-19-13-6-4-5-7-14(13)20(15)9-8-16(21)18-10-17(2)11-22-12-17/h4-7H,3,8-12H2,1-2H3,(H,18,21). The summed E-state index contributed by atoms with van der Waals surface area (Å²) in [5.41, 5.74) is 2.22. The molecule has 22 heavy (non-hydrogen) atoms. The molecule has 1 saturated heterocycles. The van der Waals surface area contributed by atoms with Gasteiger partial charge in [-0.2, -0.15) is 0 Å². The van der Waals surface area contributed by atoms with Gasteiger partial charge in [0.15, 0.2) is 0 Å². The van der Waals surface area contributed by atoms with Gasteiger partial charge in [0.1, 0.15) is 5.82 Å². The largest absolute Gasteiger partial charge is 0.380 e. The van der Waals surface area contributed by atoms with Gasteiger partial charge in [0.2, 0.25) is 5.91 Å². The molecule has 1 aliphatic heterocycles. The van der Waals surface area contributed by atoms with Gasteiger partial charge in [0, 0.05) is 31.3 Å².